The molecule has 1 aromatic rings. The van der Waals surface area contributed by atoms with E-state index in [4.69, 9.17) is 12.2 Å². The van der Waals surface area contributed by atoms with E-state index in [1.807, 2.05) is 6.08 Å². The summed E-state index contributed by atoms with van der Waals surface area (Å²) in [5, 5.41) is 9.63. The van der Waals surface area contributed by atoms with Crippen LogP contribution in [0.25, 0.3) is 6.08 Å². The Morgan fingerprint density at radius 2 is 1.88 bits per heavy atom. The number of piperazine rings is 1. The second-order valence-electron chi connectivity index (χ2n) is 8.65. The predicted octanol–water partition coefficient (Wildman–Crippen LogP) is 2.95. The minimum absolute atomic E-state index is 0.103. The molecule has 7 nitrogen and oxygen atoms in total. The molecule has 3 heterocycles. The van der Waals surface area contributed by atoms with Crippen LogP contribution in [0.5, 0.6) is 0 Å². The quantitative estimate of drug-likeness (QED) is 0.465. The van der Waals surface area contributed by atoms with Crippen LogP contribution in [-0.4, -0.2) is 63.9 Å². The van der Waals surface area contributed by atoms with E-state index in [1.165, 1.54) is 11.8 Å². The van der Waals surface area contributed by atoms with Crippen molar-refractivity contribution in [3.05, 3.63) is 31.9 Å². The minimum Gasteiger partial charge on any atom is -0.355 e. The maximum Gasteiger partial charge on any atom is 0.270 e. The molecule has 0 unspecified atom stereocenters. The first-order chi connectivity index (χ1) is 15.2. The number of carbonyl (C=O) groups is 1. The van der Waals surface area contributed by atoms with Gasteiger partial charge < -0.3 is 9.80 Å². The zero-order valence-corrected chi connectivity index (χ0v) is 21.1. The fourth-order valence-electron chi connectivity index (χ4n) is 4.08. The number of hydrogen-bond donors (Lipinski definition) is 0. The van der Waals surface area contributed by atoms with E-state index >= 15 is 0 Å². The SMILES string of the molecule is CCN1CCN(c2c(C=C3SC(=S)N(CCC(C)C)C3=O)c(C)c(C#N)c(=O)n2C)CC1. The molecule has 0 radical (unpaired) electrons. The number of nitriles is 1. The average Bonchev–Trinajstić information content (AvgIpc) is 3.03. The van der Waals surface area contributed by atoms with Crippen molar-refractivity contribution in [1.29, 1.82) is 5.26 Å². The van der Waals surface area contributed by atoms with Gasteiger partial charge >= 0.3 is 0 Å². The molecular formula is C23H31N5O2S2. The molecule has 2 aliphatic rings. The van der Waals surface area contributed by atoms with E-state index in [0.29, 0.717) is 27.3 Å². The molecule has 172 valence electrons. The van der Waals surface area contributed by atoms with Crippen LogP contribution in [0.1, 0.15) is 43.9 Å². The molecule has 2 aliphatic heterocycles. The number of aromatic nitrogens is 1. The number of nitrogens with zero attached hydrogens (tertiary/aromatic N) is 5. The van der Waals surface area contributed by atoms with Gasteiger partial charge in [-0.15, -0.1) is 0 Å². The Bertz CT molecular complexity index is 1050. The van der Waals surface area contributed by atoms with E-state index < -0.39 is 0 Å². The van der Waals surface area contributed by atoms with Crippen molar-refractivity contribution >= 4 is 46.1 Å². The van der Waals surface area contributed by atoms with Crippen LogP contribution in [-0.2, 0) is 11.8 Å². The number of thioether (sulfide) groups is 1. The second-order valence-corrected chi connectivity index (χ2v) is 10.3. The summed E-state index contributed by atoms with van der Waals surface area (Å²) in [6.07, 6.45) is 2.70. The third kappa shape index (κ3) is 4.77. The number of carbonyl (C=O) groups excluding carboxylic acids is 1. The van der Waals surface area contributed by atoms with Gasteiger partial charge in [-0.3, -0.25) is 19.1 Å². The van der Waals surface area contributed by atoms with E-state index in [1.54, 1.807) is 23.4 Å². The topological polar surface area (TPSA) is 72.6 Å². The standard InChI is InChI=1S/C23H31N5O2S2/c1-6-26-9-11-27(12-10-26)20-17(16(4)18(14-24)21(29)25(20)5)13-19-22(30)28(23(31)32-19)8-7-15(2)3/h13,15H,6-12H2,1-5H3. The molecule has 0 aromatic carbocycles. The number of hydrogen-bond acceptors (Lipinski definition) is 7. The molecule has 1 amide bonds. The van der Waals surface area contributed by atoms with Crippen LogP contribution in [0.2, 0.25) is 0 Å². The Morgan fingerprint density at radius 3 is 2.44 bits per heavy atom. The molecule has 2 saturated heterocycles. The molecule has 1 aromatic heterocycles. The maximum atomic E-state index is 13.1. The van der Waals surface area contributed by atoms with Gasteiger partial charge in [0.25, 0.3) is 11.5 Å². The Kier molecular flexibility index (Phi) is 7.80. The van der Waals surface area contributed by atoms with Crippen LogP contribution in [0.15, 0.2) is 9.70 Å². The Morgan fingerprint density at radius 1 is 1.22 bits per heavy atom. The van der Waals surface area contributed by atoms with Crippen LogP contribution >= 0.6 is 24.0 Å². The number of pyridine rings is 1. The summed E-state index contributed by atoms with van der Waals surface area (Å²) in [5.41, 5.74) is 1.17. The van der Waals surface area contributed by atoms with Crippen LogP contribution in [0.3, 0.4) is 0 Å². The largest absolute Gasteiger partial charge is 0.355 e. The molecule has 0 saturated carbocycles. The third-order valence-corrected chi connectivity index (χ3v) is 7.54. The summed E-state index contributed by atoms with van der Waals surface area (Å²) in [4.78, 5) is 32.8. The third-order valence-electron chi connectivity index (χ3n) is 6.17. The van der Waals surface area contributed by atoms with E-state index in [9.17, 15) is 14.9 Å². The monoisotopic (exact) mass is 473 g/mol. The van der Waals surface area contributed by atoms with Gasteiger partial charge in [-0.25, -0.2) is 0 Å². The van der Waals surface area contributed by atoms with Crippen molar-refractivity contribution in [3.8, 4) is 6.07 Å². The van der Waals surface area contributed by atoms with Gasteiger partial charge in [0, 0.05) is 45.3 Å². The van der Waals surface area contributed by atoms with Crippen molar-refractivity contribution in [2.45, 2.75) is 34.1 Å². The number of rotatable bonds is 6. The van der Waals surface area contributed by atoms with Gasteiger partial charge in [-0.1, -0.05) is 44.8 Å². The highest BCUT2D eigenvalue weighted by Crippen LogP contribution is 2.36. The average molecular weight is 474 g/mol. The first-order valence-electron chi connectivity index (χ1n) is 11.1. The van der Waals surface area contributed by atoms with Gasteiger partial charge in [0.1, 0.15) is 21.8 Å². The Balaban J connectivity index is 2.07. The van der Waals surface area contributed by atoms with Gasteiger partial charge in [0.05, 0.1) is 4.91 Å². The maximum absolute atomic E-state index is 13.1. The van der Waals surface area contributed by atoms with E-state index in [-0.39, 0.29) is 17.0 Å². The Labute approximate surface area is 199 Å². The first-order valence-corrected chi connectivity index (χ1v) is 12.3. The highest BCUT2D eigenvalue weighted by atomic mass is 32.2. The zero-order chi connectivity index (χ0) is 23.6. The summed E-state index contributed by atoms with van der Waals surface area (Å²) in [6.45, 7) is 13.1. The smallest absolute Gasteiger partial charge is 0.270 e. The molecule has 0 atom stereocenters. The summed E-state index contributed by atoms with van der Waals surface area (Å²) in [6, 6.07) is 2.06. The lowest BCUT2D eigenvalue weighted by Crippen LogP contribution is -2.48. The molecule has 3 rings (SSSR count). The second kappa shape index (κ2) is 10.2. The molecule has 0 N–H and O–H groups in total. The lowest BCUT2D eigenvalue weighted by atomic mass is 10.0. The van der Waals surface area contributed by atoms with E-state index in [2.05, 4.69) is 36.6 Å². The van der Waals surface area contributed by atoms with Crippen molar-refractivity contribution in [2.24, 2.45) is 13.0 Å². The summed E-state index contributed by atoms with van der Waals surface area (Å²) < 4.78 is 2.11. The number of amides is 1. The van der Waals surface area contributed by atoms with Crippen molar-refractivity contribution in [1.82, 2.24) is 14.4 Å². The first kappa shape index (κ1) is 24.5. The van der Waals surface area contributed by atoms with Crippen molar-refractivity contribution in [2.75, 3.05) is 44.2 Å². The molecule has 9 heteroatoms. The number of likely N-dealkylation sites (N-methyl/N-ethyl adjacent to an activating group) is 1. The highest BCUT2D eigenvalue weighted by molar-refractivity contribution is 8.26. The van der Waals surface area contributed by atoms with Gasteiger partial charge in [-0.2, -0.15) is 5.26 Å². The molecular weight excluding hydrogens is 442 g/mol. The minimum atomic E-state index is -0.306. The van der Waals surface area contributed by atoms with Crippen LogP contribution in [0.4, 0.5) is 5.82 Å². The van der Waals surface area contributed by atoms with Crippen LogP contribution in [0, 0.1) is 24.2 Å². The Hall–Kier alpha value is -2.15. The molecule has 32 heavy (non-hydrogen) atoms. The molecule has 2 fully saturated rings. The number of thiocarbonyl (C=S) groups is 1. The summed E-state index contributed by atoms with van der Waals surface area (Å²) in [5.74, 6) is 1.13. The highest BCUT2D eigenvalue weighted by Gasteiger charge is 2.33. The fourth-order valence-corrected chi connectivity index (χ4v) is 5.37. The summed E-state index contributed by atoms with van der Waals surface area (Å²) in [7, 11) is 1.70. The van der Waals surface area contributed by atoms with Gasteiger partial charge in [0.2, 0.25) is 0 Å². The van der Waals surface area contributed by atoms with Gasteiger partial charge in [0.15, 0.2) is 0 Å². The van der Waals surface area contributed by atoms with Gasteiger partial charge in [-0.05, 0) is 37.4 Å². The van der Waals surface area contributed by atoms with Crippen molar-refractivity contribution < 1.29 is 4.79 Å². The lowest BCUT2D eigenvalue weighted by Gasteiger charge is -2.37. The fraction of sp³-hybridized carbons (Fsp3) is 0.565. The zero-order valence-electron chi connectivity index (χ0n) is 19.5. The predicted molar refractivity (Wildman–Crippen MR) is 135 cm³/mol. The van der Waals surface area contributed by atoms with E-state index in [0.717, 1.165) is 50.5 Å². The van der Waals surface area contributed by atoms with Crippen molar-refractivity contribution in [3.63, 3.8) is 0 Å². The summed E-state index contributed by atoms with van der Waals surface area (Å²) >= 11 is 6.77. The molecule has 0 aliphatic carbocycles. The molecule has 0 bridgehead atoms. The number of anilines is 1. The lowest BCUT2D eigenvalue weighted by molar-refractivity contribution is -0.122. The van der Waals surface area contributed by atoms with Crippen LogP contribution < -0.4 is 10.5 Å². The normalized spacial score (nSPS) is 18.8. The molecule has 0 spiro atoms.